The van der Waals surface area contributed by atoms with Crippen LogP contribution in [0.25, 0.3) is 0 Å². The van der Waals surface area contributed by atoms with Crippen LogP contribution in [0.5, 0.6) is 0 Å². The lowest BCUT2D eigenvalue weighted by Gasteiger charge is -2.29. The summed E-state index contributed by atoms with van der Waals surface area (Å²) in [6.45, 7) is 2.45. The molecule has 2 nitrogen and oxygen atoms in total. The Morgan fingerprint density at radius 3 is 2.62 bits per heavy atom. The van der Waals surface area contributed by atoms with Gasteiger partial charge in [-0.2, -0.15) is 5.26 Å². The van der Waals surface area contributed by atoms with E-state index in [0.717, 1.165) is 31.5 Å². The number of nitrogens with zero attached hydrogens (tertiary/aromatic N) is 2. The van der Waals surface area contributed by atoms with Crippen LogP contribution in [0.4, 0.5) is 4.39 Å². The molecule has 1 aromatic carbocycles. The Bertz CT molecular complexity index is 389. The molecule has 1 aliphatic rings. The maximum atomic E-state index is 13.4. The quantitative estimate of drug-likeness (QED) is 0.762. The van der Waals surface area contributed by atoms with E-state index in [9.17, 15) is 4.39 Å². The van der Waals surface area contributed by atoms with Gasteiger partial charge in [-0.25, -0.2) is 4.39 Å². The molecule has 0 radical (unpaired) electrons. The summed E-state index contributed by atoms with van der Waals surface area (Å²) in [5.74, 6) is 0.0572. The molecule has 0 bridgehead atoms. The van der Waals surface area contributed by atoms with Crippen LogP contribution in [-0.2, 0) is 6.54 Å². The summed E-state index contributed by atoms with van der Waals surface area (Å²) in [7, 11) is 0. The number of hydrogen-bond acceptors (Lipinski definition) is 2. The topological polar surface area (TPSA) is 27.0 Å². The van der Waals surface area contributed by atoms with Crippen LogP contribution in [-0.4, -0.2) is 18.0 Å². The highest BCUT2D eigenvalue weighted by Crippen LogP contribution is 2.18. The van der Waals surface area contributed by atoms with Crippen molar-refractivity contribution in [2.45, 2.75) is 19.4 Å². The molecule has 1 aromatic rings. The van der Waals surface area contributed by atoms with Crippen LogP contribution in [0.15, 0.2) is 24.3 Å². The highest BCUT2D eigenvalue weighted by atomic mass is 19.1. The first-order chi connectivity index (χ1) is 7.79. The Labute approximate surface area is 95.3 Å². The van der Waals surface area contributed by atoms with E-state index in [2.05, 4.69) is 11.0 Å². The van der Waals surface area contributed by atoms with E-state index < -0.39 is 0 Å². The molecule has 1 aliphatic heterocycles. The maximum Gasteiger partial charge on any atom is 0.127 e. The van der Waals surface area contributed by atoms with Gasteiger partial charge in [0.2, 0.25) is 0 Å². The highest BCUT2D eigenvalue weighted by molar-refractivity contribution is 5.17. The van der Waals surface area contributed by atoms with Crippen LogP contribution in [0.3, 0.4) is 0 Å². The molecule has 0 aliphatic carbocycles. The SMILES string of the molecule is N#CC1CCN(Cc2ccccc2F)CC1. The van der Waals surface area contributed by atoms with Crippen LogP contribution < -0.4 is 0 Å². The van der Waals surface area contributed by atoms with Gasteiger partial charge in [0.15, 0.2) is 0 Å². The van der Waals surface area contributed by atoms with Crippen molar-refractivity contribution >= 4 is 0 Å². The summed E-state index contributed by atoms with van der Waals surface area (Å²) in [6.07, 6.45) is 1.82. The third kappa shape index (κ3) is 2.59. The van der Waals surface area contributed by atoms with E-state index in [1.165, 1.54) is 6.07 Å². The zero-order valence-corrected chi connectivity index (χ0v) is 9.19. The molecule has 0 spiro atoms. The average molecular weight is 218 g/mol. The van der Waals surface area contributed by atoms with Crippen molar-refractivity contribution in [3.8, 4) is 6.07 Å². The zero-order chi connectivity index (χ0) is 11.4. The highest BCUT2D eigenvalue weighted by Gasteiger charge is 2.19. The normalized spacial score (nSPS) is 18.2. The van der Waals surface area contributed by atoms with Gasteiger partial charge < -0.3 is 0 Å². The molecule has 84 valence electrons. The van der Waals surface area contributed by atoms with Crippen molar-refractivity contribution in [1.29, 1.82) is 5.26 Å². The predicted molar refractivity (Wildman–Crippen MR) is 60.0 cm³/mol. The van der Waals surface area contributed by atoms with Crippen LogP contribution in [0, 0.1) is 23.1 Å². The summed E-state index contributed by atoms with van der Waals surface area (Å²) in [6, 6.07) is 9.19. The second kappa shape index (κ2) is 5.09. The van der Waals surface area contributed by atoms with E-state index in [4.69, 9.17) is 5.26 Å². The predicted octanol–water partition coefficient (Wildman–Crippen LogP) is 2.56. The summed E-state index contributed by atoms with van der Waals surface area (Å²) >= 11 is 0. The van der Waals surface area contributed by atoms with Gasteiger partial charge in [0.05, 0.1) is 6.07 Å². The first kappa shape index (κ1) is 11.1. The van der Waals surface area contributed by atoms with Gasteiger partial charge in [-0.1, -0.05) is 18.2 Å². The van der Waals surface area contributed by atoms with E-state index in [-0.39, 0.29) is 11.7 Å². The molecule has 0 saturated carbocycles. The largest absolute Gasteiger partial charge is 0.299 e. The Hall–Kier alpha value is -1.40. The van der Waals surface area contributed by atoms with Crippen molar-refractivity contribution in [2.75, 3.05) is 13.1 Å². The summed E-state index contributed by atoms with van der Waals surface area (Å²) in [4.78, 5) is 2.21. The second-order valence-corrected chi connectivity index (χ2v) is 4.27. The first-order valence-corrected chi connectivity index (χ1v) is 5.65. The van der Waals surface area contributed by atoms with E-state index in [1.807, 2.05) is 12.1 Å². The minimum Gasteiger partial charge on any atom is -0.299 e. The molecular formula is C13H15FN2. The van der Waals surface area contributed by atoms with Crippen molar-refractivity contribution in [1.82, 2.24) is 4.90 Å². The average Bonchev–Trinajstić information content (AvgIpc) is 2.33. The number of likely N-dealkylation sites (tertiary alicyclic amines) is 1. The Kier molecular flexibility index (Phi) is 3.53. The fraction of sp³-hybridized carbons (Fsp3) is 0.462. The van der Waals surface area contributed by atoms with Gasteiger partial charge in [0.1, 0.15) is 5.82 Å². The van der Waals surface area contributed by atoms with E-state index in [1.54, 1.807) is 6.07 Å². The maximum absolute atomic E-state index is 13.4. The molecule has 16 heavy (non-hydrogen) atoms. The van der Waals surface area contributed by atoms with Gasteiger partial charge in [-0.05, 0) is 32.0 Å². The van der Waals surface area contributed by atoms with Crippen molar-refractivity contribution in [2.24, 2.45) is 5.92 Å². The van der Waals surface area contributed by atoms with Gasteiger partial charge in [0, 0.05) is 18.0 Å². The molecule has 0 aromatic heterocycles. The fourth-order valence-electron chi connectivity index (χ4n) is 2.09. The lowest BCUT2D eigenvalue weighted by atomic mass is 9.98. The molecule has 1 heterocycles. The smallest absolute Gasteiger partial charge is 0.127 e. The van der Waals surface area contributed by atoms with Crippen molar-refractivity contribution in [3.63, 3.8) is 0 Å². The Morgan fingerprint density at radius 2 is 2.00 bits per heavy atom. The number of rotatable bonds is 2. The van der Waals surface area contributed by atoms with Gasteiger partial charge in [-0.15, -0.1) is 0 Å². The lowest BCUT2D eigenvalue weighted by Crippen LogP contribution is -2.33. The molecule has 0 unspecified atom stereocenters. The molecule has 0 N–H and O–H groups in total. The Balaban J connectivity index is 1.93. The van der Waals surface area contributed by atoms with E-state index >= 15 is 0 Å². The monoisotopic (exact) mass is 218 g/mol. The number of piperidine rings is 1. The van der Waals surface area contributed by atoms with Gasteiger partial charge in [0.25, 0.3) is 0 Å². The Morgan fingerprint density at radius 1 is 1.31 bits per heavy atom. The standard InChI is InChI=1S/C13H15FN2/c14-13-4-2-1-3-12(13)10-16-7-5-11(9-15)6-8-16/h1-4,11H,5-8,10H2. The van der Waals surface area contributed by atoms with Crippen molar-refractivity contribution < 1.29 is 4.39 Å². The minimum absolute atomic E-state index is 0.134. The summed E-state index contributed by atoms with van der Waals surface area (Å²) in [5, 5.41) is 8.78. The molecule has 1 saturated heterocycles. The van der Waals surface area contributed by atoms with Gasteiger partial charge >= 0.3 is 0 Å². The van der Waals surface area contributed by atoms with Crippen LogP contribution in [0.1, 0.15) is 18.4 Å². The van der Waals surface area contributed by atoms with Gasteiger partial charge in [-0.3, -0.25) is 4.90 Å². The lowest BCUT2D eigenvalue weighted by molar-refractivity contribution is 0.196. The summed E-state index contributed by atoms with van der Waals surface area (Å²) in [5.41, 5.74) is 0.748. The zero-order valence-electron chi connectivity index (χ0n) is 9.19. The molecule has 3 heteroatoms. The second-order valence-electron chi connectivity index (χ2n) is 4.27. The van der Waals surface area contributed by atoms with Crippen molar-refractivity contribution in [3.05, 3.63) is 35.6 Å². The third-order valence-corrected chi connectivity index (χ3v) is 3.12. The van der Waals surface area contributed by atoms with Crippen LogP contribution in [0.2, 0.25) is 0 Å². The minimum atomic E-state index is -0.134. The fourth-order valence-corrected chi connectivity index (χ4v) is 2.09. The number of halogens is 1. The number of nitriles is 1. The molecule has 0 atom stereocenters. The molecular weight excluding hydrogens is 203 g/mol. The van der Waals surface area contributed by atoms with E-state index in [0.29, 0.717) is 6.54 Å². The first-order valence-electron chi connectivity index (χ1n) is 5.65. The molecule has 2 rings (SSSR count). The number of benzene rings is 1. The molecule has 0 amide bonds. The third-order valence-electron chi connectivity index (χ3n) is 3.12. The molecule has 1 fully saturated rings. The summed E-state index contributed by atoms with van der Waals surface area (Å²) < 4.78 is 13.4. The number of hydrogen-bond donors (Lipinski definition) is 0. The van der Waals surface area contributed by atoms with Crippen LogP contribution >= 0.6 is 0 Å².